The van der Waals surface area contributed by atoms with Gasteiger partial charge >= 0.3 is 0 Å². The van der Waals surface area contributed by atoms with E-state index in [1.165, 1.54) is 0 Å². The highest BCUT2D eigenvalue weighted by molar-refractivity contribution is 9.10. The number of carbonyl (C=O) groups excluding carboxylic acids is 1. The van der Waals surface area contributed by atoms with E-state index in [0.717, 1.165) is 16.5 Å². The molecule has 0 heterocycles. The van der Waals surface area contributed by atoms with Gasteiger partial charge in [-0.25, -0.2) is 0 Å². The largest absolute Gasteiger partial charge is 0.493 e. The Morgan fingerprint density at radius 1 is 1.43 bits per heavy atom. The molecule has 3 N–H and O–H groups in total. The van der Waals surface area contributed by atoms with Crippen LogP contribution >= 0.6 is 15.9 Å². The van der Waals surface area contributed by atoms with Crippen LogP contribution in [0.4, 0.5) is 0 Å². The van der Waals surface area contributed by atoms with Crippen LogP contribution in [0.2, 0.25) is 0 Å². The van der Waals surface area contributed by atoms with E-state index in [0.29, 0.717) is 18.0 Å². The van der Waals surface area contributed by atoms with Crippen LogP contribution in [-0.4, -0.2) is 31.7 Å². The molecule has 2 atom stereocenters. The number of likely N-dealkylation sites (N-methyl/N-ethyl adjacent to an activating group) is 1. The lowest BCUT2D eigenvalue weighted by Gasteiger charge is -2.19. The SMILES string of the molecule is CCNC(=O)C(C)Oc1c(Br)cc(CC(C)N)cc1OC. The van der Waals surface area contributed by atoms with E-state index < -0.39 is 6.10 Å². The molecule has 0 bridgehead atoms. The molecule has 0 saturated carbocycles. The highest BCUT2D eigenvalue weighted by Crippen LogP contribution is 2.37. The minimum absolute atomic E-state index is 0.0580. The molecule has 118 valence electrons. The maximum atomic E-state index is 11.8. The van der Waals surface area contributed by atoms with E-state index in [2.05, 4.69) is 21.2 Å². The Balaban J connectivity index is 2.98. The van der Waals surface area contributed by atoms with Crippen LogP contribution in [-0.2, 0) is 11.2 Å². The van der Waals surface area contributed by atoms with Gasteiger partial charge in [-0.2, -0.15) is 0 Å². The van der Waals surface area contributed by atoms with E-state index in [-0.39, 0.29) is 11.9 Å². The van der Waals surface area contributed by atoms with Crippen LogP contribution in [0, 0.1) is 0 Å². The lowest BCUT2D eigenvalue weighted by atomic mass is 10.1. The van der Waals surface area contributed by atoms with Crippen LogP contribution in [0.25, 0.3) is 0 Å². The average Bonchev–Trinajstić information content (AvgIpc) is 2.40. The fourth-order valence-corrected chi connectivity index (χ4v) is 2.51. The van der Waals surface area contributed by atoms with Gasteiger partial charge in [0.2, 0.25) is 0 Å². The number of methoxy groups -OCH3 is 1. The summed E-state index contributed by atoms with van der Waals surface area (Å²) in [4.78, 5) is 11.8. The first-order valence-corrected chi connectivity index (χ1v) is 7.74. The Morgan fingerprint density at radius 3 is 2.62 bits per heavy atom. The first-order chi connectivity index (χ1) is 9.88. The fourth-order valence-electron chi connectivity index (χ4n) is 1.93. The topological polar surface area (TPSA) is 73.6 Å². The van der Waals surface area contributed by atoms with Gasteiger partial charge in [0.05, 0.1) is 11.6 Å². The molecule has 2 unspecified atom stereocenters. The molecule has 0 aliphatic rings. The first kappa shape index (κ1) is 17.8. The summed E-state index contributed by atoms with van der Waals surface area (Å²) >= 11 is 3.47. The van der Waals surface area contributed by atoms with Crippen molar-refractivity contribution in [2.75, 3.05) is 13.7 Å². The van der Waals surface area contributed by atoms with E-state index in [4.69, 9.17) is 15.2 Å². The second-order valence-corrected chi connectivity index (χ2v) is 5.80. The third kappa shape index (κ3) is 5.21. The van der Waals surface area contributed by atoms with Gasteiger partial charge in [0.1, 0.15) is 0 Å². The predicted octanol–water partition coefficient (Wildman–Crippen LogP) is 2.25. The number of benzene rings is 1. The van der Waals surface area contributed by atoms with Gasteiger partial charge in [-0.3, -0.25) is 4.79 Å². The van der Waals surface area contributed by atoms with Gasteiger partial charge in [-0.05, 0) is 60.8 Å². The highest BCUT2D eigenvalue weighted by Gasteiger charge is 2.19. The van der Waals surface area contributed by atoms with Crippen LogP contribution in [0.15, 0.2) is 16.6 Å². The molecule has 0 fully saturated rings. The molecule has 0 aromatic heterocycles. The zero-order valence-electron chi connectivity index (χ0n) is 12.9. The quantitative estimate of drug-likeness (QED) is 0.783. The third-order valence-electron chi connectivity index (χ3n) is 2.86. The van der Waals surface area contributed by atoms with Crippen LogP contribution in [0.1, 0.15) is 26.3 Å². The van der Waals surface area contributed by atoms with Crippen molar-refractivity contribution in [2.24, 2.45) is 5.73 Å². The minimum atomic E-state index is -0.602. The number of hydrogen-bond donors (Lipinski definition) is 2. The minimum Gasteiger partial charge on any atom is -0.493 e. The van der Waals surface area contributed by atoms with E-state index >= 15 is 0 Å². The lowest BCUT2D eigenvalue weighted by Crippen LogP contribution is -2.36. The summed E-state index contributed by atoms with van der Waals surface area (Å²) in [5, 5.41) is 2.72. The Bertz CT molecular complexity index is 492. The van der Waals surface area contributed by atoms with E-state index in [1.54, 1.807) is 14.0 Å². The summed E-state index contributed by atoms with van der Waals surface area (Å²) in [6, 6.07) is 3.88. The normalized spacial score (nSPS) is 13.4. The molecular formula is C15H23BrN2O3. The second-order valence-electron chi connectivity index (χ2n) is 4.95. The zero-order chi connectivity index (χ0) is 16.0. The third-order valence-corrected chi connectivity index (χ3v) is 3.45. The molecule has 1 aromatic carbocycles. The Morgan fingerprint density at radius 2 is 2.10 bits per heavy atom. The molecule has 1 rings (SSSR count). The van der Waals surface area contributed by atoms with Crippen molar-refractivity contribution in [3.63, 3.8) is 0 Å². The average molecular weight is 359 g/mol. The molecule has 1 amide bonds. The number of halogens is 1. The van der Waals surface area contributed by atoms with Crippen LogP contribution in [0.3, 0.4) is 0 Å². The van der Waals surface area contributed by atoms with Crippen LogP contribution < -0.4 is 20.5 Å². The summed E-state index contributed by atoms with van der Waals surface area (Å²) in [6.07, 6.45) is 0.135. The summed E-state index contributed by atoms with van der Waals surface area (Å²) in [7, 11) is 1.57. The molecular weight excluding hydrogens is 336 g/mol. The van der Waals surface area contributed by atoms with Crippen molar-refractivity contribution in [3.8, 4) is 11.5 Å². The Hall–Kier alpha value is -1.27. The molecule has 1 aromatic rings. The van der Waals surface area contributed by atoms with Gasteiger partial charge in [-0.15, -0.1) is 0 Å². The fraction of sp³-hybridized carbons (Fsp3) is 0.533. The zero-order valence-corrected chi connectivity index (χ0v) is 14.5. The maximum Gasteiger partial charge on any atom is 0.260 e. The smallest absolute Gasteiger partial charge is 0.260 e. The summed E-state index contributed by atoms with van der Waals surface area (Å²) in [5.74, 6) is 0.937. The number of rotatable bonds is 7. The molecule has 0 aliphatic carbocycles. The van der Waals surface area contributed by atoms with Gasteiger partial charge in [0, 0.05) is 12.6 Å². The molecule has 0 spiro atoms. The van der Waals surface area contributed by atoms with Crippen molar-refractivity contribution < 1.29 is 14.3 Å². The van der Waals surface area contributed by atoms with Crippen LogP contribution in [0.5, 0.6) is 11.5 Å². The number of ether oxygens (including phenoxy) is 2. The number of hydrogen-bond acceptors (Lipinski definition) is 4. The van der Waals surface area contributed by atoms with Crippen molar-refractivity contribution >= 4 is 21.8 Å². The predicted molar refractivity (Wildman–Crippen MR) is 86.8 cm³/mol. The molecule has 21 heavy (non-hydrogen) atoms. The van der Waals surface area contributed by atoms with Crippen molar-refractivity contribution in [2.45, 2.75) is 39.3 Å². The second kappa shape index (κ2) is 8.24. The summed E-state index contributed by atoms with van der Waals surface area (Å²) in [6.45, 7) is 6.08. The molecule has 6 heteroatoms. The van der Waals surface area contributed by atoms with Gasteiger partial charge in [0.25, 0.3) is 5.91 Å². The van der Waals surface area contributed by atoms with Gasteiger partial charge < -0.3 is 20.5 Å². The summed E-state index contributed by atoms with van der Waals surface area (Å²) < 4.78 is 11.8. The number of amides is 1. The molecule has 0 radical (unpaired) electrons. The van der Waals surface area contributed by atoms with E-state index in [9.17, 15) is 4.79 Å². The lowest BCUT2D eigenvalue weighted by molar-refractivity contribution is -0.127. The van der Waals surface area contributed by atoms with Gasteiger partial charge in [0.15, 0.2) is 17.6 Å². The summed E-state index contributed by atoms with van der Waals surface area (Å²) in [5.41, 5.74) is 6.87. The van der Waals surface area contributed by atoms with E-state index in [1.807, 2.05) is 26.0 Å². The molecule has 5 nitrogen and oxygen atoms in total. The van der Waals surface area contributed by atoms with Crippen molar-refractivity contribution in [1.29, 1.82) is 0 Å². The molecule has 0 aliphatic heterocycles. The first-order valence-electron chi connectivity index (χ1n) is 6.95. The van der Waals surface area contributed by atoms with Gasteiger partial charge in [-0.1, -0.05) is 0 Å². The standard InChI is InChI=1S/C15H23BrN2O3/c1-5-18-15(19)10(3)21-14-12(16)7-11(6-9(2)17)8-13(14)20-4/h7-10H,5-6,17H2,1-4H3,(H,18,19). The number of carbonyl (C=O) groups is 1. The van der Waals surface area contributed by atoms with Crippen molar-refractivity contribution in [3.05, 3.63) is 22.2 Å². The maximum absolute atomic E-state index is 11.8. The highest BCUT2D eigenvalue weighted by atomic mass is 79.9. The Labute approximate surface area is 134 Å². The molecule has 0 saturated heterocycles. The number of nitrogens with one attached hydrogen (secondary N) is 1. The monoisotopic (exact) mass is 358 g/mol. The number of nitrogens with two attached hydrogens (primary N) is 1. The Kier molecular flexibility index (Phi) is 6.98. The van der Waals surface area contributed by atoms with Crippen molar-refractivity contribution in [1.82, 2.24) is 5.32 Å².